The number of aliphatic imine (C=N–C) groups is 1. The lowest BCUT2D eigenvalue weighted by atomic mass is 9.97. The highest BCUT2D eigenvalue weighted by Crippen LogP contribution is 2.19. The van der Waals surface area contributed by atoms with Crippen LogP contribution in [0.25, 0.3) is 0 Å². The van der Waals surface area contributed by atoms with E-state index in [9.17, 15) is 0 Å². The van der Waals surface area contributed by atoms with E-state index < -0.39 is 0 Å². The number of guanidine groups is 1. The van der Waals surface area contributed by atoms with Crippen LogP contribution >= 0.6 is 24.0 Å². The van der Waals surface area contributed by atoms with Gasteiger partial charge in [0.05, 0.1) is 5.69 Å². The highest BCUT2D eigenvalue weighted by molar-refractivity contribution is 14.0. The van der Waals surface area contributed by atoms with Gasteiger partial charge in [0.25, 0.3) is 0 Å². The Hall–Kier alpha value is -1.05. The molecule has 0 aliphatic heterocycles. The van der Waals surface area contributed by atoms with E-state index in [2.05, 4.69) is 40.6 Å². The lowest BCUT2D eigenvalue weighted by molar-refractivity contribution is 0.665. The molecule has 1 aromatic heterocycles. The van der Waals surface area contributed by atoms with E-state index in [4.69, 9.17) is 0 Å². The number of halogens is 1. The first-order chi connectivity index (χ1) is 11.7. The molecule has 25 heavy (non-hydrogen) atoms. The Morgan fingerprint density at radius 3 is 2.64 bits per heavy atom. The van der Waals surface area contributed by atoms with Crippen molar-refractivity contribution in [3.8, 4) is 0 Å². The van der Waals surface area contributed by atoms with Crippen molar-refractivity contribution in [2.24, 2.45) is 12.0 Å². The first-order valence-corrected chi connectivity index (χ1v) is 9.35. The SMILES string of the molecule is CCc1nn(C)c(CC)c1CNC(=NC)NCCC1=CCCCC1.I. The molecular formula is C19H34IN5. The van der Waals surface area contributed by atoms with E-state index in [1.807, 2.05) is 18.8 Å². The lowest BCUT2D eigenvalue weighted by Gasteiger charge is -2.15. The molecule has 142 valence electrons. The van der Waals surface area contributed by atoms with Gasteiger partial charge in [0.15, 0.2) is 5.96 Å². The summed E-state index contributed by atoms with van der Waals surface area (Å²) in [4.78, 5) is 4.35. The highest BCUT2D eigenvalue weighted by Gasteiger charge is 2.13. The summed E-state index contributed by atoms with van der Waals surface area (Å²) in [6.07, 6.45) is 10.7. The molecule has 1 heterocycles. The first-order valence-electron chi connectivity index (χ1n) is 9.35. The molecule has 0 unspecified atom stereocenters. The first kappa shape index (κ1) is 22.0. The number of nitrogens with zero attached hydrogens (tertiary/aromatic N) is 3. The maximum atomic E-state index is 4.64. The molecule has 1 aromatic rings. The summed E-state index contributed by atoms with van der Waals surface area (Å²) >= 11 is 0. The molecular weight excluding hydrogens is 425 g/mol. The van der Waals surface area contributed by atoms with Gasteiger partial charge in [-0.25, -0.2) is 0 Å². The Labute approximate surface area is 169 Å². The van der Waals surface area contributed by atoms with Crippen LogP contribution in [0.1, 0.15) is 62.9 Å². The number of aryl methyl sites for hydroxylation is 2. The van der Waals surface area contributed by atoms with E-state index in [-0.39, 0.29) is 24.0 Å². The van der Waals surface area contributed by atoms with Crippen molar-refractivity contribution in [3.63, 3.8) is 0 Å². The zero-order valence-corrected chi connectivity index (χ0v) is 18.5. The molecule has 2 rings (SSSR count). The number of allylic oxidation sites excluding steroid dienone is 1. The molecule has 1 aliphatic rings. The molecule has 6 heteroatoms. The highest BCUT2D eigenvalue weighted by atomic mass is 127. The van der Waals surface area contributed by atoms with Gasteiger partial charge in [-0.2, -0.15) is 5.10 Å². The lowest BCUT2D eigenvalue weighted by Crippen LogP contribution is -2.37. The van der Waals surface area contributed by atoms with Crippen molar-refractivity contribution in [2.75, 3.05) is 13.6 Å². The van der Waals surface area contributed by atoms with Gasteiger partial charge < -0.3 is 10.6 Å². The zero-order valence-electron chi connectivity index (χ0n) is 16.2. The number of hydrogen-bond donors (Lipinski definition) is 2. The van der Waals surface area contributed by atoms with Crippen LogP contribution in [-0.4, -0.2) is 29.3 Å². The smallest absolute Gasteiger partial charge is 0.191 e. The fraction of sp³-hybridized carbons (Fsp3) is 0.684. The number of aromatic nitrogens is 2. The second kappa shape index (κ2) is 11.5. The summed E-state index contributed by atoms with van der Waals surface area (Å²) in [7, 11) is 3.87. The van der Waals surface area contributed by atoms with Crippen LogP contribution in [0, 0.1) is 0 Å². The maximum Gasteiger partial charge on any atom is 0.191 e. The van der Waals surface area contributed by atoms with Gasteiger partial charge in [-0.3, -0.25) is 9.67 Å². The third kappa shape index (κ3) is 6.31. The Bertz CT molecular complexity index is 589. The van der Waals surface area contributed by atoms with E-state index in [1.165, 1.54) is 42.6 Å². The summed E-state index contributed by atoms with van der Waals surface area (Å²) in [5.41, 5.74) is 5.41. The normalized spacial score (nSPS) is 14.7. The Kier molecular flexibility index (Phi) is 10.2. The van der Waals surface area contributed by atoms with Crippen LogP contribution in [-0.2, 0) is 26.4 Å². The van der Waals surface area contributed by atoms with Crippen LogP contribution in [0.15, 0.2) is 16.6 Å². The second-order valence-corrected chi connectivity index (χ2v) is 6.41. The van der Waals surface area contributed by atoms with Crippen LogP contribution in [0.5, 0.6) is 0 Å². The summed E-state index contributed by atoms with van der Waals surface area (Å²) in [5, 5.41) is 11.5. The van der Waals surface area contributed by atoms with Crippen LogP contribution in [0.3, 0.4) is 0 Å². The molecule has 0 amide bonds. The molecule has 0 aromatic carbocycles. The average molecular weight is 459 g/mol. The molecule has 0 bridgehead atoms. The Balaban J connectivity index is 0.00000312. The van der Waals surface area contributed by atoms with Crippen molar-refractivity contribution in [2.45, 2.75) is 65.3 Å². The molecule has 0 radical (unpaired) electrons. The van der Waals surface area contributed by atoms with Gasteiger partial charge in [-0.1, -0.05) is 25.5 Å². The van der Waals surface area contributed by atoms with Gasteiger partial charge in [-0.15, -0.1) is 24.0 Å². The summed E-state index contributed by atoms with van der Waals surface area (Å²) < 4.78 is 2.02. The molecule has 5 nitrogen and oxygen atoms in total. The molecule has 0 fully saturated rings. The number of rotatable bonds is 7. The quantitative estimate of drug-likeness (QED) is 0.283. The van der Waals surface area contributed by atoms with Crippen molar-refractivity contribution in [3.05, 3.63) is 28.6 Å². The molecule has 0 saturated heterocycles. The van der Waals surface area contributed by atoms with Gasteiger partial charge in [-0.05, 0) is 44.9 Å². The van der Waals surface area contributed by atoms with Crippen molar-refractivity contribution >= 4 is 29.9 Å². The van der Waals surface area contributed by atoms with E-state index in [1.54, 1.807) is 5.57 Å². The van der Waals surface area contributed by atoms with Gasteiger partial charge in [0, 0.05) is 38.4 Å². The molecule has 0 atom stereocenters. The summed E-state index contributed by atoms with van der Waals surface area (Å²) in [6, 6.07) is 0. The molecule has 0 saturated carbocycles. The van der Waals surface area contributed by atoms with Crippen molar-refractivity contribution in [1.29, 1.82) is 0 Å². The second-order valence-electron chi connectivity index (χ2n) is 6.41. The monoisotopic (exact) mass is 459 g/mol. The Morgan fingerprint density at radius 2 is 2.04 bits per heavy atom. The standard InChI is InChI=1S/C19H33N5.HI/c1-5-17-16(18(6-2)24(4)23-17)14-22-19(20-3)21-13-12-15-10-8-7-9-11-15;/h10H,5-9,11-14H2,1-4H3,(H2,20,21,22);1H. The van der Waals surface area contributed by atoms with Gasteiger partial charge in [0.1, 0.15) is 0 Å². The average Bonchev–Trinajstić information content (AvgIpc) is 2.93. The minimum Gasteiger partial charge on any atom is -0.356 e. The molecule has 1 aliphatic carbocycles. The predicted molar refractivity (Wildman–Crippen MR) is 117 cm³/mol. The zero-order chi connectivity index (χ0) is 17.4. The minimum atomic E-state index is 0. The maximum absolute atomic E-state index is 4.64. The van der Waals surface area contributed by atoms with Gasteiger partial charge >= 0.3 is 0 Å². The van der Waals surface area contributed by atoms with E-state index in [0.717, 1.165) is 38.3 Å². The van der Waals surface area contributed by atoms with Crippen LogP contribution < -0.4 is 10.6 Å². The third-order valence-corrected chi connectivity index (χ3v) is 4.81. The molecule has 0 spiro atoms. The summed E-state index contributed by atoms with van der Waals surface area (Å²) in [5.74, 6) is 0.874. The fourth-order valence-electron chi connectivity index (χ4n) is 3.46. The van der Waals surface area contributed by atoms with Crippen molar-refractivity contribution in [1.82, 2.24) is 20.4 Å². The van der Waals surface area contributed by atoms with E-state index >= 15 is 0 Å². The largest absolute Gasteiger partial charge is 0.356 e. The summed E-state index contributed by atoms with van der Waals surface area (Å²) in [6.45, 7) is 6.07. The third-order valence-electron chi connectivity index (χ3n) is 4.81. The number of hydrogen-bond acceptors (Lipinski definition) is 2. The topological polar surface area (TPSA) is 54.2 Å². The van der Waals surface area contributed by atoms with Gasteiger partial charge in [0.2, 0.25) is 0 Å². The van der Waals surface area contributed by atoms with Crippen molar-refractivity contribution < 1.29 is 0 Å². The molecule has 2 N–H and O–H groups in total. The minimum absolute atomic E-state index is 0. The van der Waals surface area contributed by atoms with Crippen LogP contribution in [0.4, 0.5) is 0 Å². The van der Waals surface area contributed by atoms with E-state index in [0.29, 0.717) is 0 Å². The Morgan fingerprint density at radius 1 is 1.24 bits per heavy atom. The van der Waals surface area contributed by atoms with Crippen LogP contribution in [0.2, 0.25) is 0 Å². The number of nitrogens with one attached hydrogen (secondary N) is 2. The fourth-order valence-corrected chi connectivity index (χ4v) is 3.46. The predicted octanol–water partition coefficient (Wildman–Crippen LogP) is 3.72.